The third kappa shape index (κ3) is 4.16. The molecule has 7 heteroatoms. The average Bonchev–Trinajstić information content (AvgIpc) is 3.14. The number of carbonyl (C=O) groups is 1. The highest BCUT2D eigenvalue weighted by atomic mass is 32.2. The van der Waals surface area contributed by atoms with E-state index in [1.54, 1.807) is 17.5 Å². The van der Waals surface area contributed by atoms with E-state index in [2.05, 4.69) is 5.32 Å². The number of nitrogens with one attached hydrogen (secondary N) is 1. The second kappa shape index (κ2) is 7.90. The largest absolute Gasteiger partial charge is 0.326 e. The smallest absolute Gasteiger partial charge is 0.252 e. The average molecular weight is 393 g/mol. The van der Waals surface area contributed by atoms with E-state index in [1.807, 2.05) is 32.0 Å². The van der Waals surface area contributed by atoms with Crippen molar-refractivity contribution < 1.29 is 13.2 Å². The molecule has 26 heavy (non-hydrogen) atoms. The predicted octanol–water partition coefficient (Wildman–Crippen LogP) is 3.94. The fourth-order valence-electron chi connectivity index (χ4n) is 3.31. The van der Waals surface area contributed by atoms with Crippen molar-refractivity contribution in [3.8, 4) is 0 Å². The molecule has 2 aromatic rings. The van der Waals surface area contributed by atoms with E-state index in [9.17, 15) is 13.2 Å². The van der Waals surface area contributed by atoms with E-state index in [-0.39, 0.29) is 18.4 Å². The van der Waals surface area contributed by atoms with Crippen molar-refractivity contribution in [1.82, 2.24) is 4.31 Å². The molecule has 5 nitrogen and oxygen atoms in total. The first-order chi connectivity index (χ1) is 12.4. The highest BCUT2D eigenvalue weighted by Crippen LogP contribution is 2.29. The van der Waals surface area contributed by atoms with Crippen LogP contribution in [0.1, 0.15) is 36.8 Å². The van der Waals surface area contributed by atoms with E-state index < -0.39 is 10.0 Å². The Bertz CT molecular complexity index is 876. The number of rotatable bonds is 5. The molecule has 1 fully saturated rings. The molecule has 0 radical (unpaired) electrons. The van der Waals surface area contributed by atoms with E-state index >= 15 is 0 Å². The minimum absolute atomic E-state index is 0.142. The van der Waals surface area contributed by atoms with Gasteiger partial charge in [0.05, 0.1) is 0 Å². The summed E-state index contributed by atoms with van der Waals surface area (Å²) in [6, 6.07) is 8.99. The minimum atomic E-state index is -3.53. The molecule has 1 aliphatic heterocycles. The van der Waals surface area contributed by atoms with Crippen molar-refractivity contribution in [1.29, 1.82) is 0 Å². The van der Waals surface area contributed by atoms with Gasteiger partial charge in [0.25, 0.3) is 10.0 Å². The third-order valence-corrected chi connectivity index (χ3v) is 8.04. The summed E-state index contributed by atoms with van der Waals surface area (Å²) in [6.45, 7) is 4.40. The second-order valence-electron chi connectivity index (χ2n) is 6.77. The van der Waals surface area contributed by atoms with Gasteiger partial charge in [-0.2, -0.15) is 4.31 Å². The number of nitrogens with zero attached hydrogens (tertiary/aromatic N) is 1. The molecule has 140 valence electrons. The number of anilines is 1. The van der Waals surface area contributed by atoms with Gasteiger partial charge < -0.3 is 5.32 Å². The number of carbonyl (C=O) groups excluding carboxylic acids is 1. The van der Waals surface area contributed by atoms with Crippen molar-refractivity contribution in [3.63, 3.8) is 0 Å². The molecule has 1 amide bonds. The summed E-state index contributed by atoms with van der Waals surface area (Å²) >= 11 is 1.22. The lowest BCUT2D eigenvalue weighted by atomic mass is 10.0. The van der Waals surface area contributed by atoms with Gasteiger partial charge in [0, 0.05) is 24.7 Å². The zero-order valence-electron chi connectivity index (χ0n) is 15.1. The Hall–Kier alpha value is -1.70. The van der Waals surface area contributed by atoms with Gasteiger partial charge in [0.2, 0.25) is 5.91 Å². The van der Waals surface area contributed by atoms with Crippen LogP contribution in [0.15, 0.2) is 39.9 Å². The van der Waals surface area contributed by atoms with Crippen LogP contribution in [-0.4, -0.2) is 31.2 Å². The minimum Gasteiger partial charge on any atom is -0.326 e. The molecule has 1 aromatic carbocycles. The van der Waals surface area contributed by atoms with Crippen LogP contribution in [0.25, 0.3) is 0 Å². The van der Waals surface area contributed by atoms with Crippen molar-refractivity contribution >= 4 is 33.0 Å². The standard InChI is InChI=1S/C19H24N2O3S2/c1-14-8-9-15(2)17(12-14)20-18(22)13-16-6-3-4-10-21(16)26(23,24)19-7-5-11-25-19/h5,7-9,11-12,16H,3-4,6,10,13H2,1-2H3,(H,20,22). The number of hydrogen-bond acceptors (Lipinski definition) is 4. The first-order valence-electron chi connectivity index (χ1n) is 8.80. The first kappa shape index (κ1) is 19.1. The summed E-state index contributed by atoms with van der Waals surface area (Å²) in [5.41, 5.74) is 2.86. The van der Waals surface area contributed by atoms with Gasteiger partial charge in [-0.15, -0.1) is 11.3 Å². The molecule has 2 heterocycles. The number of hydrogen-bond donors (Lipinski definition) is 1. The zero-order valence-corrected chi connectivity index (χ0v) is 16.7. The maximum atomic E-state index is 12.9. The Morgan fingerprint density at radius 3 is 2.81 bits per heavy atom. The number of benzene rings is 1. The Labute approximate surface area is 159 Å². The molecular weight excluding hydrogens is 368 g/mol. The van der Waals surface area contributed by atoms with Crippen LogP contribution in [0.3, 0.4) is 0 Å². The molecule has 1 atom stereocenters. The van der Waals surface area contributed by atoms with E-state index in [0.717, 1.165) is 29.7 Å². The van der Waals surface area contributed by atoms with Gasteiger partial charge in [-0.3, -0.25) is 4.79 Å². The van der Waals surface area contributed by atoms with Gasteiger partial charge in [-0.05, 0) is 55.3 Å². The SMILES string of the molecule is Cc1ccc(C)c(NC(=O)CC2CCCCN2S(=O)(=O)c2cccs2)c1. The number of piperidine rings is 1. The van der Waals surface area contributed by atoms with Gasteiger partial charge in [0.1, 0.15) is 4.21 Å². The van der Waals surface area contributed by atoms with Crippen LogP contribution >= 0.6 is 11.3 Å². The molecule has 1 N–H and O–H groups in total. The van der Waals surface area contributed by atoms with Crippen molar-refractivity contribution in [2.75, 3.05) is 11.9 Å². The monoisotopic (exact) mass is 392 g/mol. The molecule has 0 spiro atoms. The molecule has 1 aromatic heterocycles. The van der Waals surface area contributed by atoms with Crippen LogP contribution in [-0.2, 0) is 14.8 Å². The van der Waals surface area contributed by atoms with E-state index in [4.69, 9.17) is 0 Å². The fourth-order valence-corrected chi connectivity index (χ4v) is 6.12. The summed E-state index contributed by atoms with van der Waals surface area (Å²) in [5, 5.41) is 4.71. The van der Waals surface area contributed by atoms with Gasteiger partial charge in [-0.1, -0.05) is 24.6 Å². The second-order valence-corrected chi connectivity index (χ2v) is 9.83. The number of aryl methyl sites for hydroxylation is 2. The van der Waals surface area contributed by atoms with Crippen molar-refractivity contribution in [3.05, 3.63) is 46.8 Å². The summed E-state index contributed by atoms with van der Waals surface area (Å²) < 4.78 is 27.7. The molecular formula is C19H24N2O3S2. The molecule has 0 bridgehead atoms. The Morgan fingerprint density at radius 1 is 1.27 bits per heavy atom. The topological polar surface area (TPSA) is 66.5 Å². The molecule has 0 aliphatic carbocycles. The van der Waals surface area contributed by atoms with Gasteiger partial charge in [-0.25, -0.2) is 8.42 Å². The lowest BCUT2D eigenvalue weighted by Gasteiger charge is -2.34. The van der Waals surface area contributed by atoms with Crippen LogP contribution in [0, 0.1) is 13.8 Å². The summed E-state index contributed by atoms with van der Waals surface area (Å²) in [6.07, 6.45) is 2.67. The lowest BCUT2D eigenvalue weighted by Crippen LogP contribution is -2.45. The normalized spacial score (nSPS) is 18.6. The van der Waals surface area contributed by atoms with Crippen molar-refractivity contribution in [2.24, 2.45) is 0 Å². The lowest BCUT2D eigenvalue weighted by molar-refractivity contribution is -0.117. The highest BCUT2D eigenvalue weighted by Gasteiger charge is 2.35. The maximum absolute atomic E-state index is 12.9. The summed E-state index contributed by atoms with van der Waals surface area (Å²) in [5.74, 6) is -0.142. The van der Waals surface area contributed by atoms with Crippen LogP contribution in [0.2, 0.25) is 0 Å². The van der Waals surface area contributed by atoms with Crippen molar-refractivity contribution in [2.45, 2.75) is 49.8 Å². The predicted molar refractivity (Wildman–Crippen MR) is 105 cm³/mol. The Morgan fingerprint density at radius 2 is 2.08 bits per heavy atom. The Balaban J connectivity index is 1.74. The number of amides is 1. The van der Waals surface area contributed by atoms with Crippen LogP contribution < -0.4 is 5.32 Å². The Kier molecular flexibility index (Phi) is 5.79. The molecule has 1 aliphatic rings. The summed E-state index contributed by atoms with van der Waals surface area (Å²) in [7, 11) is -3.53. The van der Waals surface area contributed by atoms with Gasteiger partial charge in [0.15, 0.2) is 0 Å². The van der Waals surface area contributed by atoms with E-state index in [0.29, 0.717) is 17.2 Å². The summed E-state index contributed by atoms with van der Waals surface area (Å²) in [4.78, 5) is 12.6. The fraction of sp³-hybridized carbons (Fsp3) is 0.421. The molecule has 1 saturated heterocycles. The number of sulfonamides is 1. The van der Waals surface area contributed by atoms with Crippen LogP contribution in [0.5, 0.6) is 0 Å². The third-order valence-electron chi connectivity index (χ3n) is 4.72. The van der Waals surface area contributed by atoms with Gasteiger partial charge >= 0.3 is 0 Å². The number of thiophene rings is 1. The molecule has 0 saturated carbocycles. The highest BCUT2D eigenvalue weighted by molar-refractivity contribution is 7.91. The first-order valence-corrected chi connectivity index (χ1v) is 11.1. The maximum Gasteiger partial charge on any atom is 0.252 e. The molecule has 1 unspecified atom stereocenters. The quantitative estimate of drug-likeness (QED) is 0.838. The zero-order chi connectivity index (χ0) is 18.7. The van der Waals surface area contributed by atoms with E-state index in [1.165, 1.54) is 15.6 Å². The van der Waals surface area contributed by atoms with Crippen LogP contribution in [0.4, 0.5) is 5.69 Å². The molecule has 3 rings (SSSR count).